The van der Waals surface area contributed by atoms with Crippen molar-refractivity contribution in [3.8, 4) is 0 Å². The minimum atomic E-state index is 0.875. The Kier molecular flexibility index (Phi) is 5.38. The van der Waals surface area contributed by atoms with Crippen molar-refractivity contribution in [1.29, 1.82) is 0 Å². The zero-order chi connectivity index (χ0) is 10.2. The Labute approximate surface area is 86.7 Å². The van der Waals surface area contributed by atoms with Crippen molar-refractivity contribution in [3.63, 3.8) is 0 Å². The topological polar surface area (TPSA) is 25.2 Å². The van der Waals surface area contributed by atoms with Crippen LogP contribution in [0.15, 0.2) is 16.7 Å². The summed E-state index contributed by atoms with van der Waals surface area (Å²) in [5.74, 6) is 1.12. The molecule has 80 valence electrons. The summed E-state index contributed by atoms with van der Waals surface area (Å²) in [5, 5.41) is 3.36. The predicted molar refractivity (Wildman–Crippen MR) is 59.3 cm³/mol. The molecule has 14 heavy (non-hydrogen) atoms. The van der Waals surface area contributed by atoms with Crippen LogP contribution in [-0.4, -0.2) is 6.54 Å². The summed E-state index contributed by atoms with van der Waals surface area (Å²) in [7, 11) is 0. The van der Waals surface area contributed by atoms with Gasteiger partial charge in [0.15, 0.2) is 0 Å². The lowest BCUT2D eigenvalue weighted by molar-refractivity contribution is 0.477. The van der Waals surface area contributed by atoms with Crippen LogP contribution in [0.1, 0.15) is 44.4 Å². The molecule has 1 rings (SSSR count). The molecular formula is C12H21NO. The van der Waals surface area contributed by atoms with Crippen LogP contribution in [-0.2, 0) is 13.0 Å². The molecule has 1 N–H and O–H groups in total. The smallest absolute Gasteiger partial charge is 0.120 e. The molecule has 0 saturated heterocycles. The normalized spacial score (nSPS) is 10.7. The number of nitrogens with one attached hydrogen (secondary N) is 1. The van der Waals surface area contributed by atoms with Gasteiger partial charge in [0, 0.05) is 0 Å². The summed E-state index contributed by atoms with van der Waals surface area (Å²) in [5.41, 5.74) is 1.37. The maximum atomic E-state index is 5.45. The average molecular weight is 195 g/mol. The third-order valence-electron chi connectivity index (χ3n) is 2.35. The molecule has 0 radical (unpaired) electrons. The van der Waals surface area contributed by atoms with Gasteiger partial charge in [-0.3, -0.25) is 0 Å². The minimum absolute atomic E-state index is 0.875. The fraction of sp³-hybridized carbons (Fsp3) is 0.667. The lowest BCUT2D eigenvalue weighted by Gasteiger charge is -2.03. The Bertz CT molecular complexity index is 242. The van der Waals surface area contributed by atoms with Gasteiger partial charge in [0.25, 0.3) is 0 Å². The van der Waals surface area contributed by atoms with E-state index in [4.69, 9.17) is 4.42 Å². The summed E-state index contributed by atoms with van der Waals surface area (Å²) >= 11 is 0. The fourth-order valence-electron chi connectivity index (χ4n) is 1.49. The Hall–Kier alpha value is -0.760. The van der Waals surface area contributed by atoms with Gasteiger partial charge in [-0.2, -0.15) is 0 Å². The van der Waals surface area contributed by atoms with E-state index in [2.05, 4.69) is 25.2 Å². The zero-order valence-electron chi connectivity index (χ0n) is 9.31. The molecule has 0 saturated carbocycles. The Balaban J connectivity index is 2.37. The molecule has 1 aromatic heterocycles. The van der Waals surface area contributed by atoms with Gasteiger partial charge in [0.05, 0.1) is 12.8 Å². The molecule has 2 heteroatoms. The highest BCUT2D eigenvalue weighted by molar-refractivity contribution is 5.16. The largest absolute Gasteiger partial charge is 0.468 e. The van der Waals surface area contributed by atoms with Gasteiger partial charge >= 0.3 is 0 Å². The van der Waals surface area contributed by atoms with Crippen molar-refractivity contribution in [2.75, 3.05) is 6.54 Å². The highest BCUT2D eigenvalue weighted by Crippen LogP contribution is 2.13. The molecule has 0 fully saturated rings. The zero-order valence-corrected chi connectivity index (χ0v) is 9.31. The molecule has 2 nitrogen and oxygen atoms in total. The number of hydrogen-bond acceptors (Lipinski definition) is 2. The summed E-state index contributed by atoms with van der Waals surface area (Å²) in [6.07, 6.45) is 6.61. The van der Waals surface area contributed by atoms with Gasteiger partial charge in [-0.15, -0.1) is 0 Å². The average Bonchev–Trinajstić information content (AvgIpc) is 2.63. The molecule has 0 bridgehead atoms. The van der Waals surface area contributed by atoms with E-state index in [1.54, 1.807) is 6.26 Å². The Morgan fingerprint density at radius 2 is 2.14 bits per heavy atom. The standard InChI is InChI=1S/C12H21NO/c1-3-5-6-11-7-9-14-12(11)10-13-8-4-2/h7,9,13H,3-6,8,10H2,1-2H3. The van der Waals surface area contributed by atoms with E-state index < -0.39 is 0 Å². The molecule has 1 heterocycles. The molecule has 0 aromatic carbocycles. The van der Waals surface area contributed by atoms with Crippen LogP contribution in [0.2, 0.25) is 0 Å². The first-order valence-electron chi connectivity index (χ1n) is 5.64. The van der Waals surface area contributed by atoms with Crippen LogP contribution in [0.25, 0.3) is 0 Å². The van der Waals surface area contributed by atoms with Gasteiger partial charge in [-0.05, 0) is 37.4 Å². The maximum Gasteiger partial charge on any atom is 0.120 e. The number of unbranched alkanes of at least 4 members (excludes halogenated alkanes) is 1. The molecular weight excluding hydrogens is 174 g/mol. The number of furan rings is 1. The highest BCUT2D eigenvalue weighted by atomic mass is 16.3. The molecule has 0 unspecified atom stereocenters. The predicted octanol–water partition coefficient (Wildman–Crippen LogP) is 3.12. The van der Waals surface area contributed by atoms with Crippen LogP contribution in [0.5, 0.6) is 0 Å². The first-order chi connectivity index (χ1) is 6.88. The van der Waals surface area contributed by atoms with Gasteiger partial charge in [-0.1, -0.05) is 20.3 Å². The number of rotatable bonds is 7. The van der Waals surface area contributed by atoms with Crippen LogP contribution >= 0.6 is 0 Å². The van der Waals surface area contributed by atoms with Crippen LogP contribution < -0.4 is 5.32 Å². The molecule has 1 aromatic rings. The highest BCUT2D eigenvalue weighted by Gasteiger charge is 2.04. The molecule has 0 aliphatic carbocycles. The first kappa shape index (κ1) is 11.3. The van der Waals surface area contributed by atoms with Gasteiger partial charge < -0.3 is 9.73 Å². The SMILES string of the molecule is CCCCc1ccoc1CNCCC. The Morgan fingerprint density at radius 3 is 2.86 bits per heavy atom. The second-order valence-corrected chi connectivity index (χ2v) is 3.65. The number of aryl methyl sites for hydroxylation is 1. The van der Waals surface area contributed by atoms with Crippen molar-refractivity contribution < 1.29 is 4.42 Å². The van der Waals surface area contributed by atoms with Crippen LogP contribution in [0.3, 0.4) is 0 Å². The molecule has 0 spiro atoms. The fourth-order valence-corrected chi connectivity index (χ4v) is 1.49. The quantitative estimate of drug-likeness (QED) is 0.676. The van der Waals surface area contributed by atoms with E-state index in [0.29, 0.717) is 0 Å². The lowest BCUT2D eigenvalue weighted by atomic mass is 10.1. The van der Waals surface area contributed by atoms with E-state index in [0.717, 1.165) is 25.3 Å². The molecule has 0 atom stereocenters. The van der Waals surface area contributed by atoms with Crippen molar-refractivity contribution >= 4 is 0 Å². The molecule has 0 aliphatic heterocycles. The Morgan fingerprint density at radius 1 is 1.29 bits per heavy atom. The first-order valence-corrected chi connectivity index (χ1v) is 5.64. The summed E-state index contributed by atoms with van der Waals surface area (Å²) < 4.78 is 5.45. The van der Waals surface area contributed by atoms with E-state index >= 15 is 0 Å². The third-order valence-corrected chi connectivity index (χ3v) is 2.35. The van der Waals surface area contributed by atoms with Crippen molar-refractivity contribution in [2.45, 2.75) is 46.1 Å². The van der Waals surface area contributed by atoms with Gasteiger partial charge in [0.1, 0.15) is 5.76 Å². The van der Waals surface area contributed by atoms with Crippen molar-refractivity contribution in [1.82, 2.24) is 5.32 Å². The summed E-state index contributed by atoms with van der Waals surface area (Å²) in [4.78, 5) is 0. The minimum Gasteiger partial charge on any atom is -0.468 e. The summed E-state index contributed by atoms with van der Waals surface area (Å²) in [6.45, 7) is 6.33. The van der Waals surface area contributed by atoms with Gasteiger partial charge in [0.2, 0.25) is 0 Å². The van der Waals surface area contributed by atoms with Crippen molar-refractivity contribution in [3.05, 3.63) is 23.7 Å². The second kappa shape index (κ2) is 6.66. The third kappa shape index (κ3) is 3.54. The second-order valence-electron chi connectivity index (χ2n) is 3.65. The maximum absolute atomic E-state index is 5.45. The van der Waals surface area contributed by atoms with Crippen molar-refractivity contribution in [2.24, 2.45) is 0 Å². The number of hydrogen-bond donors (Lipinski definition) is 1. The van der Waals surface area contributed by atoms with E-state index in [9.17, 15) is 0 Å². The van der Waals surface area contributed by atoms with E-state index in [1.165, 1.54) is 24.8 Å². The van der Waals surface area contributed by atoms with E-state index in [1.807, 2.05) is 0 Å². The van der Waals surface area contributed by atoms with Gasteiger partial charge in [-0.25, -0.2) is 0 Å². The van der Waals surface area contributed by atoms with Crippen LogP contribution in [0, 0.1) is 0 Å². The van der Waals surface area contributed by atoms with E-state index in [-0.39, 0.29) is 0 Å². The summed E-state index contributed by atoms with van der Waals surface area (Å²) in [6, 6.07) is 2.10. The lowest BCUT2D eigenvalue weighted by Crippen LogP contribution is -2.14. The molecule has 0 amide bonds. The monoisotopic (exact) mass is 195 g/mol. The van der Waals surface area contributed by atoms with Crippen LogP contribution in [0.4, 0.5) is 0 Å². The molecule has 0 aliphatic rings.